The normalized spacial score (nSPS) is 12.8. The highest BCUT2D eigenvalue weighted by Gasteiger charge is 2.30. The number of nitrogens with one attached hydrogen (secondary N) is 1. The average molecular weight is 394 g/mol. The van der Waals surface area contributed by atoms with Crippen LogP contribution in [0, 0.1) is 0 Å². The van der Waals surface area contributed by atoms with Crippen LogP contribution in [0.2, 0.25) is 0 Å². The van der Waals surface area contributed by atoms with Gasteiger partial charge in [-0.05, 0) is 30.3 Å². The standard InChI is InChI=1S/C14H13F3N2O4S2/c1-2-24(20,21)11-4-3-5-12(8-11)25(22,23)19-13-7-6-10(9-18-13)14(15,16)17/h3-9H,2H2,1H3,(H,18,19). The van der Waals surface area contributed by atoms with E-state index in [-0.39, 0.29) is 21.4 Å². The van der Waals surface area contributed by atoms with Gasteiger partial charge in [-0.25, -0.2) is 21.8 Å². The van der Waals surface area contributed by atoms with Gasteiger partial charge in [0, 0.05) is 6.20 Å². The summed E-state index contributed by atoms with van der Waals surface area (Å²) in [5, 5.41) is 0. The van der Waals surface area contributed by atoms with E-state index < -0.39 is 31.6 Å². The molecule has 1 aromatic heterocycles. The first-order valence-corrected chi connectivity index (χ1v) is 9.98. The first kappa shape index (κ1) is 19.2. The van der Waals surface area contributed by atoms with Crippen LogP contribution in [0.15, 0.2) is 52.4 Å². The molecule has 6 nitrogen and oxygen atoms in total. The summed E-state index contributed by atoms with van der Waals surface area (Å²) in [5.41, 5.74) is -1.02. The van der Waals surface area contributed by atoms with Gasteiger partial charge in [0.15, 0.2) is 9.84 Å². The summed E-state index contributed by atoms with van der Waals surface area (Å²) >= 11 is 0. The molecule has 0 spiro atoms. The van der Waals surface area contributed by atoms with Gasteiger partial charge in [0.25, 0.3) is 10.0 Å². The molecule has 0 radical (unpaired) electrons. The molecule has 136 valence electrons. The van der Waals surface area contributed by atoms with Crippen LogP contribution in [0.4, 0.5) is 19.0 Å². The fraction of sp³-hybridized carbons (Fsp3) is 0.214. The van der Waals surface area contributed by atoms with E-state index in [1.165, 1.54) is 25.1 Å². The molecule has 0 aliphatic carbocycles. The van der Waals surface area contributed by atoms with Crippen molar-refractivity contribution in [2.45, 2.75) is 22.9 Å². The quantitative estimate of drug-likeness (QED) is 0.842. The number of sulfonamides is 1. The van der Waals surface area contributed by atoms with Crippen LogP contribution in [0.5, 0.6) is 0 Å². The van der Waals surface area contributed by atoms with Crippen molar-refractivity contribution in [3.63, 3.8) is 0 Å². The lowest BCUT2D eigenvalue weighted by atomic mass is 10.3. The molecule has 0 saturated heterocycles. The fourth-order valence-corrected chi connectivity index (χ4v) is 3.87. The third-order valence-corrected chi connectivity index (χ3v) is 6.27. The van der Waals surface area contributed by atoms with Crippen molar-refractivity contribution < 1.29 is 30.0 Å². The number of rotatable bonds is 5. The van der Waals surface area contributed by atoms with Crippen LogP contribution in [-0.4, -0.2) is 27.6 Å². The average Bonchev–Trinajstić information content (AvgIpc) is 2.54. The maximum absolute atomic E-state index is 12.5. The number of alkyl halides is 3. The molecule has 0 bridgehead atoms. The maximum Gasteiger partial charge on any atom is 0.417 e. The minimum absolute atomic E-state index is 0.168. The number of hydrogen-bond acceptors (Lipinski definition) is 5. The van der Waals surface area contributed by atoms with Crippen molar-refractivity contribution in [3.05, 3.63) is 48.2 Å². The highest BCUT2D eigenvalue weighted by atomic mass is 32.2. The Balaban J connectivity index is 2.32. The Kier molecular flexibility index (Phi) is 5.09. The van der Waals surface area contributed by atoms with Crippen molar-refractivity contribution in [1.29, 1.82) is 0 Å². The Hall–Kier alpha value is -2.14. The van der Waals surface area contributed by atoms with E-state index in [1.54, 1.807) is 0 Å². The van der Waals surface area contributed by atoms with Crippen LogP contribution in [0.25, 0.3) is 0 Å². The zero-order chi connectivity index (χ0) is 18.9. The molecule has 0 aliphatic rings. The minimum Gasteiger partial charge on any atom is -0.263 e. The smallest absolute Gasteiger partial charge is 0.263 e. The van der Waals surface area contributed by atoms with Crippen molar-refractivity contribution in [1.82, 2.24) is 4.98 Å². The van der Waals surface area contributed by atoms with Crippen molar-refractivity contribution in [3.8, 4) is 0 Å². The topological polar surface area (TPSA) is 93.2 Å². The number of benzene rings is 1. The molecule has 0 atom stereocenters. The number of nitrogens with zero attached hydrogens (tertiary/aromatic N) is 1. The van der Waals surface area contributed by atoms with Crippen LogP contribution in [0.1, 0.15) is 12.5 Å². The number of anilines is 1. The van der Waals surface area contributed by atoms with Crippen molar-refractivity contribution >= 4 is 25.7 Å². The van der Waals surface area contributed by atoms with E-state index in [1.807, 2.05) is 4.72 Å². The number of pyridine rings is 1. The second kappa shape index (κ2) is 6.64. The summed E-state index contributed by atoms with van der Waals surface area (Å²) < 4.78 is 87.7. The molecular weight excluding hydrogens is 381 g/mol. The van der Waals surface area contributed by atoms with Gasteiger partial charge in [-0.15, -0.1) is 0 Å². The highest BCUT2D eigenvalue weighted by Crippen LogP contribution is 2.29. The van der Waals surface area contributed by atoms with E-state index in [4.69, 9.17) is 0 Å². The molecule has 1 N–H and O–H groups in total. The second-order valence-electron chi connectivity index (χ2n) is 4.91. The van der Waals surface area contributed by atoms with Gasteiger partial charge in [0.1, 0.15) is 5.82 Å². The Morgan fingerprint density at radius 2 is 1.68 bits per heavy atom. The van der Waals surface area contributed by atoms with E-state index in [0.29, 0.717) is 12.3 Å². The van der Waals surface area contributed by atoms with Gasteiger partial charge >= 0.3 is 6.18 Å². The Bertz CT molecular complexity index is 970. The lowest BCUT2D eigenvalue weighted by Crippen LogP contribution is -2.15. The number of aromatic nitrogens is 1. The Morgan fingerprint density at radius 3 is 2.20 bits per heavy atom. The first-order chi connectivity index (χ1) is 11.5. The monoisotopic (exact) mass is 394 g/mol. The summed E-state index contributed by atoms with van der Waals surface area (Å²) in [5.74, 6) is -0.526. The lowest BCUT2D eigenvalue weighted by molar-refractivity contribution is -0.137. The van der Waals surface area contributed by atoms with E-state index in [0.717, 1.165) is 12.1 Å². The molecule has 2 rings (SSSR count). The molecule has 1 heterocycles. The molecule has 1 aromatic carbocycles. The number of hydrogen-bond donors (Lipinski definition) is 1. The highest BCUT2D eigenvalue weighted by molar-refractivity contribution is 7.93. The summed E-state index contributed by atoms with van der Waals surface area (Å²) in [4.78, 5) is 2.90. The molecule has 2 aromatic rings. The van der Waals surface area contributed by atoms with Gasteiger partial charge < -0.3 is 0 Å². The Morgan fingerprint density at radius 1 is 1.04 bits per heavy atom. The lowest BCUT2D eigenvalue weighted by Gasteiger charge is -2.10. The van der Waals surface area contributed by atoms with E-state index >= 15 is 0 Å². The molecule has 0 saturated carbocycles. The summed E-state index contributed by atoms with van der Waals surface area (Å²) in [6.07, 6.45) is -4.09. The van der Waals surface area contributed by atoms with Crippen LogP contribution in [-0.2, 0) is 26.0 Å². The van der Waals surface area contributed by atoms with Crippen molar-refractivity contribution in [2.24, 2.45) is 0 Å². The second-order valence-corrected chi connectivity index (χ2v) is 8.87. The summed E-state index contributed by atoms with van der Waals surface area (Å²) in [7, 11) is -7.82. The summed E-state index contributed by atoms with van der Waals surface area (Å²) in [6, 6.07) is 6.22. The molecule has 11 heteroatoms. The minimum atomic E-state index is -4.59. The van der Waals surface area contributed by atoms with Gasteiger partial charge in [0.2, 0.25) is 0 Å². The predicted octanol–water partition coefficient (Wildman–Crippen LogP) is 2.69. The zero-order valence-corrected chi connectivity index (χ0v) is 14.4. The van der Waals surface area contributed by atoms with E-state index in [9.17, 15) is 30.0 Å². The first-order valence-electron chi connectivity index (χ1n) is 6.84. The van der Waals surface area contributed by atoms with Crippen LogP contribution < -0.4 is 4.72 Å². The van der Waals surface area contributed by atoms with Gasteiger partial charge in [-0.3, -0.25) is 4.72 Å². The fourth-order valence-electron chi connectivity index (χ4n) is 1.82. The third-order valence-electron chi connectivity index (χ3n) is 3.18. The third kappa shape index (κ3) is 4.48. The summed E-state index contributed by atoms with van der Waals surface area (Å²) in [6.45, 7) is 1.42. The zero-order valence-electron chi connectivity index (χ0n) is 12.8. The van der Waals surface area contributed by atoms with Crippen molar-refractivity contribution in [2.75, 3.05) is 10.5 Å². The van der Waals surface area contributed by atoms with E-state index in [2.05, 4.69) is 4.98 Å². The maximum atomic E-state index is 12.5. The number of sulfone groups is 1. The Labute approximate surface area is 142 Å². The molecule has 0 amide bonds. The molecule has 0 fully saturated rings. The molecule has 0 aliphatic heterocycles. The SMILES string of the molecule is CCS(=O)(=O)c1cccc(S(=O)(=O)Nc2ccc(C(F)(F)F)cn2)c1. The largest absolute Gasteiger partial charge is 0.417 e. The van der Waals surface area contributed by atoms with Gasteiger partial charge in [0.05, 0.1) is 21.1 Å². The predicted molar refractivity (Wildman–Crippen MR) is 84.2 cm³/mol. The molecular formula is C14H13F3N2O4S2. The molecule has 25 heavy (non-hydrogen) atoms. The van der Waals surface area contributed by atoms with Gasteiger partial charge in [-0.1, -0.05) is 13.0 Å². The molecule has 0 unspecified atom stereocenters. The van der Waals surface area contributed by atoms with Crippen LogP contribution in [0.3, 0.4) is 0 Å². The number of halogens is 3. The van der Waals surface area contributed by atoms with Crippen LogP contribution >= 0.6 is 0 Å². The van der Waals surface area contributed by atoms with Gasteiger partial charge in [-0.2, -0.15) is 13.2 Å².